The van der Waals surface area contributed by atoms with Gasteiger partial charge in [-0.15, -0.1) is 0 Å². The highest BCUT2D eigenvalue weighted by atomic mass is 35.5. The lowest BCUT2D eigenvalue weighted by molar-refractivity contribution is -0.131. The zero-order valence-corrected chi connectivity index (χ0v) is 12.3. The quantitative estimate of drug-likeness (QED) is 0.592. The second-order valence-electron chi connectivity index (χ2n) is 5.56. The minimum Gasteiger partial charge on any atom is -0.286 e. The third-order valence-corrected chi connectivity index (χ3v) is 4.05. The van der Waals surface area contributed by atoms with E-state index >= 15 is 0 Å². The standard InChI is InChI=1S/C16H12ClNO3/c1-16(2)11-7-13(19)14(20)8-12(11)18(15(16)21)10-5-3-9(17)4-6-10/h3-8H,1-2H3. The number of nitrogens with zero attached hydrogens (tertiary/aromatic N) is 1. The molecular weight excluding hydrogens is 290 g/mol. The van der Waals surface area contributed by atoms with Crippen molar-refractivity contribution in [3.63, 3.8) is 0 Å². The molecule has 2 aliphatic rings. The Balaban J connectivity index is 2.18. The first-order chi connectivity index (χ1) is 9.82. The number of ketones is 2. The van der Waals surface area contributed by atoms with Gasteiger partial charge in [-0.1, -0.05) is 11.6 Å². The lowest BCUT2D eigenvalue weighted by Crippen LogP contribution is -2.30. The summed E-state index contributed by atoms with van der Waals surface area (Å²) in [7, 11) is 0. The van der Waals surface area contributed by atoms with Gasteiger partial charge in [0.2, 0.25) is 17.5 Å². The Morgan fingerprint density at radius 2 is 1.52 bits per heavy atom. The molecule has 106 valence electrons. The number of amides is 1. The number of benzene rings is 1. The fraction of sp³-hybridized carbons (Fsp3) is 0.188. The van der Waals surface area contributed by atoms with Crippen molar-refractivity contribution in [2.45, 2.75) is 13.8 Å². The summed E-state index contributed by atoms with van der Waals surface area (Å²) >= 11 is 5.86. The second-order valence-corrected chi connectivity index (χ2v) is 5.99. The van der Waals surface area contributed by atoms with Crippen LogP contribution in [0.4, 0.5) is 5.69 Å². The molecule has 0 atom stereocenters. The molecule has 0 radical (unpaired) electrons. The Hall–Kier alpha value is -2.20. The molecule has 0 N–H and O–H groups in total. The minimum absolute atomic E-state index is 0.176. The van der Waals surface area contributed by atoms with E-state index in [1.54, 1.807) is 38.1 Å². The molecule has 0 spiro atoms. The van der Waals surface area contributed by atoms with Gasteiger partial charge >= 0.3 is 0 Å². The summed E-state index contributed by atoms with van der Waals surface area (Å²) in [4.78, 5) is 37.4. The van der Waals surface area contributed by atoms with E-state index in [-0.39, 0.29) is 5.91 Å². The van der Waals surface area contributed by atoms with E-state index in [1.165, 1.54) is 17.1 Å². The summed E-state index contributed by atoms with van der Waals surface area (Å²) in [5, 5.41) is 0.560. The SMILES string of the molecule is CC1(C)C(=O)N(c2ccc(Cl)cc2)C2=CC(=O)C(=O)C=C21. The summed E-state index contributed by atoms with van der Waals surface area (Å²) in [5.41, 5.74) is 0.820. The highest BCUT2D eigenvalue weighted by molar-refractivity contribution is 6.47. The summed E-state index contributed by atoms with van der Waals surface area (Å²) in [6.45, 7) is 3.49. The van der Waals surface area contributed by atoms with Gasteiger partial charge in [0, 0.05) is 16.8 Å². The maximum absolute atomic E-state index is 12.7. The van der Waals surface area contributed by atoms with E-state index in [1.807, 2.05) is 0 Å². The number of hydrogen-bond acceptors (Lipinski definition) is 3. The normalized spacial score (nSPS) is 20.3. The molecule has 1 aromatic rings. The number of carbonyl (C=O) groups excluding carboxylic acids is 3. The average molecular weight is 302 g/mol. The molecule has 1 aromatic carbocycles. The van der Waals surface area contributed by atoms with E-state index in [4.69, 9.17) is 11.6 Å². The van der Waals surface area contributed by atoms with Crippen LogP contribution in [0.1, 0.15) is 13.8 Å². The van der Waals surface area contributed by atoms with Crippen molar-refractivity contribution in [1.82, 2.24) is 0 Å². The summed E-state index contributed by atoms with van der Waals surface area (Å²) in [6.07, 6.45) is 2.50. The highest BCUT2D eigenvalue weighted by Gasteiger charge is 2.49. The largest absolute Gasteiger partial charge is 0.286 e. The molecular formula is C16H12ClNO3. The molecule has 0 unspecified atom stereocenters. The molecule has 5 heteroatoms. The predicted octanol–water partition coefficient (Wildman–Crippen LogP) is 2.67. The molecule has 21 heavy (non-hydrogen) atoms. The van der Waals surface area contributed by atoms with E-state index < -0.39 is 17.0 Å². The molecule has 1 saturated heterocycles. The van der Waals surface area contributed by atoms with Crippen LogP contribution in [0.3, 0.4) is 0 Å². The Morgan fingerprint density at radius 1 is 0.952 bits per heavy atom. The molecule has 1 aliphatic heterocycles. The van der Waals surface area contributed by atoms with Crippen molar-refractivity contribution < 1.29 is 14.4 Å². The van der Waals surface area contributed by atoms with Crippen molar-refractivity contribution in [2.24, 2.45) is 5.41 Å². The molecule has 4 nitrogen and oxygen atoms in total. The van der Waals surface area contributed by atoms with Crippen LogP contribution in [0, 0.1) is 5.41 Å². The number of fused-ring (bicyclic) bond motifs is 1. The zero-order chi connectivity index (χ0) is 15.4. The third-order valence-electron chi connectivity index (χ3n) is 3.80. The van der Waals surface area contributed by atoms with Gasteiger partial charge < -0.3 is 0 Å². The molecule has 1 heterocycles. The summed E-state index contributed by atoms with van der Waals surface area (Å²) < 4.78 is 0. The molecule has 3 rings (SSSR count). The third kappa shape index (κ3) is 1.94. The Bertz CT molecular complexity index is 741. The first-order valence-corrected chi connectivity index (χ1v) is 6.83. The van der Waals surface area contributed by atoms with Crippen LogP contribution in [0.25, 0.3) is 0 Å². The van der Waals surface area contributed by atoms with Crippen molar-refractivity contribution in [3.05, 3.63) is 52.7 Å². The van der Waals surface area contributed by atoms with Crippen LogP contribution >= 0.6 is 11.6 Å². The van der Waals surface area contributed by atoms with E-state index in [0.717, 1.165) is 0 Å². The van der Waals surface area contributed by atoms with Gasteiger partial charge in [-0.2, -0.15) is 0 Å². The van der Waals surface area contributed by atoms with Crippen LogP contribution in [0.5, 0.6) is 0 Å². The maximum Gasteiger partial charge on any atom is 0.241 e. The molecule has 0 aromatic heterocycles. The second kappa shape index (κ2) is 4.40. The van der Waals surface area contributed by atoms with Gasteiger partial charge in [-0.25, -0.2) is 0 Å². The summed E-state index contributed by atoms with van der Waals surface area (Å²) in [5.74, 6) is -1.38. The fourth-order valence-electron chi connectivity index (χ4n) is 2.59. The monoisotopic (exact) mass is 301 g/mol. The van der Waals surface area contributed by atoms with Gasteiger partial charge in [-0.05, 0) is 49.8 Å². The first-order valence-electron chi connectivity index (χ1n) is 6.45. The van der Waals surface area contributed by atoms with Gasteiger partial charge in [0.15, 0.2) is 0 Å². The van der Waals surface area contributed by atoms with Crippen molar-refractivity contribution in [2.75, 3.05) is 4.90 Å². The number of anilines is 1. The fourth-order valence-corrected chi connectivity index (χ4v) is 2.71. The van der Waals surface area contributed by atoms with Crippen LogP contribution in [-0.4, -0.2) is 17.5 Å². The van der Waals surface area contributed by atoms with Crippen molar-refractivity contribution in [1.29, 1.82) is 0 Å². The van der Waals surface area contributed by atoms with Gasteiger partial charge in [0.1, 0.15) is 0 Å². The lowest BCUT2D eigenvalue weighted by atomic mass is 9.83. The molecule has 0 bridgehead atoms. The zero-order valence-electron chi connectivity index (χ0n) is 11.5. The van der Waals surface area contributed by atoms with Crippen molar-refractivity contribution in [3.8, 4) is 0 Å². The predicted molar refractivity (Wildman–Crippen MR) is 78.9 cm³/mol. The first kappa shape index (κ1) is 13.8. The van der Waals surface area contributed by atoms with Crippen LogP contribution in [-0.2, 0) is 14.4 Å². The van der Waals surface area contributed by atoms with Gasteiger partial charge in [-0.3, -0.25) is 19.3 Å². The molecule has 1 amide bonds. The maximum atomic E-state index is 12.7. The van der Waals surface area contributed by atoms with E-state index in [9.17, 15) is 14.4 Å². The average Bonchev–Trinajstić information content (AvgIpc) is 2.61. The summed E-state index contributed by atoms with van der Waals surface area (Å²) in [6, 6.07) is 6.77. The minimum atomic E-state index is -0.845. The number of rotatable bonds is 1. The Kier molecular flexibility index (Phi) is 2.88. The number of allylic oxidation sites excluding steroid dienone is 3. The molecule has 1 aliphatic carbocycles. The number of carbonyl (C=O) groups is 3. The number of hydrogen-bond donors (Lipinski definition) is 0. The Labute approximate surface area is 126 Å². The van der Waals surface area contributed by atoms with Crippen LogP contribution in [0.15, 0.2) is 47.7 Å². The smallest absolute Gasteiger partial charge is 0.241 e. The lowest BCUT2D eigenvalue weighted by Gasteiger charge is -2.19. The molecule has 1 fully saturated rings. The van der Waals surface area contributed by atoms with Gasteiger partial charge in [0.25, 0.3) is 0 Å². The van der Waals surface area contributed by atoms with E-state index in [2.05, 4.69) is 0 Å². The number of halogens is 1. The van der Waals surface area contributed by atoms with E-state index in [0.29, 0.717) is 22.0 Å². The van der Waals surface area contributed by atoms with Crippen LogP contribution < -0.4 is 4.90 Å². The van der Waals surface area contributed by atoms with Crippen molar-refractivity contribution >= 4 is 34.8 Å². The Morgan fingerprint density at radius 3 is 2.14 bits per heavy atom. The van der Waals surface area contributed by atoms with Crippen LogP contribution in [0.2, 0.25) is 5.02 Å². The topological polar surface area (TPSA) is 54.5 Å². The van der Waals surface area contributed by atoms with Gasteiger partial charge in [0.05, 0.1) is 11.1 Å². The highest BCUT2D eigenvalue weighted by Crippen LogP contribution is 2.46. The molecule has 0 saturated carbocycles.